The van der Waals surface area contributed by atoms with Crippen molar-refractivity contribution >= 4 is 5.91 Å². The summed E-state index contributed by atoms with van der Waals surface area (Å²) in [4.78, 5) is 11.2. The molecule has 0 saturated heterocycles. The van der Waals surface area contributed by atoms with E-state index in [9.17, 15) is 4.79 Å². The number of terminal acetylenes is 1. The van der Waals surface area contributed by atoms with Crippen LogP contribution in [0.1, 0.15) is 19.8 Å². The molecule has 1 amide bonds. The summed E-state index contributed by atoms with van der Waals surface area (Å²) in [5, 5.41) is 5.78. The lowest BCUT2D eigenvalue weighted by Gasteiger charge is -2.07. The Hall–Kier alpha value is -1.01. The Kier molecular flexibility index (Phi) is 3.78. The first-order chi connectivity index (χ1) is 6.22. The number of amides is 1. The third-order valence-corrected chi connectivity index (χ3v) is 2.10. The molecule has 1 saturated carbocycles. The van der Waals surface area contributed by atoms with Gasteiger partial charge in [-0.25, -0.2) is 0 Å². The van der Waals surface area contributed by atoms with Crippen LogP contribution in [0.4, 0.5) is 0 Å². The average Bonchev–Trinajstić information content (AvgIpc) is 2.94. The highest BCUT2D eigenvalue weighted by Gasteiger charge is 2.21. The van der Waals surface area contributed by atoms with E-state index in [4.69, 9.17) is 6.42 Å². The zero-order chi connectivity index (χ0) is 9.68. The van der Waals surface area contributed by atoms with Gasteiger partial charge in [-0.3, -0.25) is 10.1 Å². The Labute approximate surface area is 79.3 Å². The van der Waals surface area contributed by atoms with Crippen molar-refractivity contribution in [1.29, 1.82) is 0 Å². The summed E-state index contributed by atoms with van der Waals surface area (Å²) in [6.45, 7) is 3.00. The SMILES string of the molecule is C#CC(C)NCC(=O)NCC1CC1. The molecule has 0 aromatic heterocycles. The summed E-state index contributed by atoms with van der Waals surface area (Å²) < 4.78 is 0. The zero-order valence-electron chi connectivity index (χ0n) is 7.97. The van der Waals surface area contributed by atoms with Crippen LogP contribution in [-0.4, -0.2) is 25.0 Å². The number of hydrogen-bond acceptors (Lipinski definition) is 2. The Morgan fingerprint density at radius 2 is 2.38 bits per heavy atom. The predicted molar refractivity (Wildman–Crippen MR) is 52.0 cm³/mol. The third kappa shape index (κ3) is 4.54. The molecule has 1 unspecified atom stereocenters. The highest BCUT2D eigenvalue weighted by Crippen LogP contribution is 2.27. The van der Waals surface area contributed by atoms with E-state index < -0.39 is 0 Å². The smallest absolute Gasteiger partial charge is 0.234 e. The van der Waals surface area contributed by atoms with Crippen LogP contribution < -0.4 is 10.6 Å². The normalized spacial score (nSPS) is 17.5. The molecule has 0 heterocycles. The molecule has 2 N–H and O–H groups in total. The van der Waals surface area contributed by atoms with Gasteiger partial charge >= 0.3 is 0 Å². The van der Waals surface area contributed by atoms with Gasteiger partial charge in [-0.1, -0.05) is 5.92 Å². The highest BCUT2D eigenvalue weighted by atomic mass is 16.1. The lowest BCUT2D eigenvalue weighted by Crippen LogP contribution is -2.38. The Morgan fingerprint density at radius 1 is 1.69 bits per heavy atom. The van der Waals surface area contributed by atoms with Crippen molar-refractivity contribution in [3.8, 4) is 12.3 Å². The minimum atomic E-state index is -0.0355. The molecule has 0 spiro atoms. The molecule has 72 valence electrons. The lowest BCUT2D eigenvalue weighted by atomic mass is 10.3. The van der Waals surface area contributed by atoms with Crippen LogP contribution in [-0.2, 0) is 4.79 Å². The molecule has 1 aliphatic carbocycles. The molecule has 1 atom stereocenters. The largest absolute Gasteiger partial charge is 0.355 e. The second kappa shape index (κ2) is 4.88. The average molecular weight is 180 g/mol. The Bertz CT molecular complexity index is 215. The van der Waals surface area contributed by atoms with E-state index >= 15 is 0 Å². The van der Waals surface area contributed by atoms with E-state index in [-0.39, 0.29) is 11.9 Å². The number of rotatable bonds is 5. The molecule has 0 bridgehead atoms. The zero-order valence-corrected chi connectivity index (χ0v) is 7.97. The first-order valence-corrected chi connectivity index (χ1v) is 4.68. The summed E-state index contributed by atoms with van der Waals surface area (Å²) in [6, 6.07) is -0.0355. The van der Waals surface area contributed by atoms with E-state index in [0.29, 0.717) is 6.54 Å². The molecule has 0 aromatic carbocycles. The molecule has 1 rings (SSSR count). The predicted octanol–water partition coefficient (Wildman–Crippen LogP) is 0.124. The fourth-order valence-electron chi connectivity index (χ4n) is 0.947. The molecule has 1 fully saturated rings. The second-order valence-electron chi connectivity index (χ2n) is 3.52. The maximum absolute atomic E-state index is 11.2. The maximum atomic E-state index is 11.2. The van der Waals surface area contributed by atoms with E-state index in [1.165, 1.54) is 12.8 Å². The van der Waals surface area contributed by atoms with E-state index in [1.807, 2.05) is 6.92 Å². The van der Waals surface area contributed by atoms with Gasteiger partial charge < -0.3 is 5.32 Å². The van der Waals surface area contributed by atoms with Gasteiger partial charge in [-0.05, 0) is 25.7 Å². The van der Waals surface area contributed by atoms with Crippen molar-refractivity contribution in [1.82, 2.24) is 10.6 Å². The van der Waals surface area contributed by atoms with E-state index in [0.717, 1.165) is 12.5 Å². The van der Waals surface area contributed by atoms with Crippen LogP contribution >= 0.6 is 0 Å². The molecule has 0 aromatic rings. The summed E-state index contributed by atoms with van der Waals surface area (Å²) in [5.41, 5.74) is 0. The summed E-state index contributed by atoms with van der Waals surface area (Å²) in [7, 11) is 0. The van der Waals surface area contributed by atoms with Crippen LogP contribution in [0, 0.1) is 18.3 Å². The Morgan fingerprint density at radius 3 is 2.92 bits per heavy atom. The van der Waals surface area contributed by atoms with Gasteiger partial charge in [0.2, 0.25) is 5.91 Å². The van der Waals surface area contributed by atoms with Gasteiger partial charge in [0.15, 0.2) is 0 Å². The van der Waals surface area contributed by atoms with Crippen molar-refractivity contribution in [3.63, 3.8) is 0 Å². The standard InChI is InChI=1S/C10H16N2O/c1-3-8(2)11-7-10(13)12-6-9-4-5-9/h1,8-9,11H,4-7H2,2H3,(H,12,13). The first kappa shape index (κ1) is 10.1. The number of carbonyl (C=O) groups is 1. The summed E-state index contributed by atoms with van der Waals surface area (Å²) >= 11 is 0. The second-order valence-corrected chi connectivity index (χ2v) is 3.52. The van der Waals surface area contributed by atoms with Crippen LogP contribution in [0.2, 0.25) is 0 Å². The van der Waals surface area contributed by atoms with Gasteiger partial charge in [0, 0.05) is 6.54 Å². The first-order valence-electron chi connectivity index (χ1n) is 4.68. The van der Waals surface area contributed by atoms with Crippen LogP contribution in [0.5, 0.6) is 0 Å². The number of hydrogen-bond donors (Lipinski definition) is 2. The topological polar surface area (TPSA) is 41.1 Å². The van der Waals surface area contributed by atoms with Crippen LogP contribution in [0.3, 0.4) is 0 Å². The van der Waals surface area contributed by atoms with Gasteiger partial charge in [-0.15, -0.1) is 6.42 Å². The maximum Gasteiger partial charge on any atom is 0.234 e. The minimum absolute atomic E-state index is 0.0355. The quantitative estimate of drug-likeness (QED) is 0.590. The van der Waals surface area contributed by atoms with E-state index in [2.05, 4.69) is 16.6 Å². The van der Waals surface area contributed by atoms with E-state index in [1.54, 1.807) is 0 Å². The summed E-state index contributed by atoms with van der Waals surface area (Å²) in [5.74, 6) is 3.27. The minimum Gasteiger partial charge on any atom is -0.355 e. The molecule has 3 heteroatoms. The van der Waals surface area contributed by atoms with Gasteiger partial charge in [-0.2, -0.15) is 0 Å². The number of carbonyl (C=O) groups excluding carboxylic acids is 1. The molecule has 3 nitrogen and oxygen atoms in total. The van der Waals surface area contributed by atoms with Crippen molar-refractivity contribution in [3.05, 3.63) is 0 Å². The molecule has 1 aliphatic rings. The third-order valence-electron chi connectivity index (χ3n) is 2.10. The van der Waals surface area contributed by atoms with Crippen LogP contribution in [0.15, 0.2) is 0 Å². The van der Waals surface area contributed by atoms with Gasteiger partial charge in [0.25, 0.3) is 0 Å². The van der Waals surface area contributed by atoms with Crippen molar-refractivity contribution in [2.24, 2.45) is 5.92 Å². The fourth-order valence-corrected chi connectivity index (χ4v) is 0.947. The lowest BCUT2D eigenvalue weighted by molar-refractivity contribution is -0.120. The molecule has 13 heavy (non-hydrogen) atoms. The van der Waals surface area contributed by atoms with Crippen molar-refractivity contribution in [2.75, 3.05) is 13.1 Å². The Balaban J connectivity index is 2.00. The summed E-state index contributed by atoms with van der Waals surface area (Å²) in [6.07, 6.45) is 7.66. The van der Waals surface area contributed by atoms with Crippen LogP contribution in [0.25, 0.3) is 0 Å². The monoisotopic (exact) mass is 180 g/mol. The number of nitrogens with one attached hydrogen (secondary N) is 2. The molecular weight excluding hydrogens is 164 g/mol. The molecule has 0 aliphatic heterocycles. The van der Waals surface area contributed by atoms with Crippen molar-refractivity contribution < 1.29 is 4.79 Å². The molecular formula is C10H16N2O. The van der Waals surface area contributed by atoms with Gasteiger partial charge in [0.05, 0.1) is 12.6 Å². The molecule has 0 radical (unpaired) electrons. The fraction of sp³-hybridized carbons (Fsp3) is 0.700. The van der Waals surface area contributed by atoms with Gasteiger partial charge in [0.1, 0.15) is 0 Å². The highest BCUT2D eigenvalue weighted by molar-refractivity contribution is 5.78. The van der Waals surface area contributed by atoms with Crippen molar-refractivity contribution in [2.45, 2.75) is 25.8 Å².